The highest BCUT2D eigenvalue weighted by atomic mass is 16.5. The van der Waals surface area contributed by atoms with Crippen LogP contribution in [0, 0.1) is 0 Å². The van der Waals surface area contributed by atoms with E-state index in [1.807, 2.05) is 0 Å². The van der Waals surface area contributed by atoms with Crippen molar-refractivity contribution in [2.45, 2.75) is 19.3 Å². The Bertz CT molecular complexity index is 722. The van der Waals surface area contributed by atoms with Crippen LogP contribution in [0.5, 0.6) is 0 Å². The van der Waals surface area contributed by atoms with Gasteiger partial charge in [0.2, 0.25) is 0 Å². The first-order valence-corrected chi connectivity index (χ1v) is 5.39. The predicted molar refractivity (Wildman–Crippen MR) is 62.9 cm³/mol. The van der Waals surface area contributed by atoms with Gasteiger partial charge in [0, 0.05) is 20.5 Å². The molecule has 0 radical (unpaired) electrons. The number of aryl methyl sites for hydroxylation is 1. The summed E-state index contributed by atoms with van der Waals surface area (Å²) in [6.45, 7) is 1.55. The molecule has 0 aliphatic carbocycles. The van der Waals surface area contributed by atoms with Crippen LogP contribution in [0.3, 0.4) is 0 Å². The average molecular weight is 254 g/mol. The van der Waals surface area contributed by atoms with Gasteiger partial charge in [-0.3, -0.25) is 18.5 Å². The monoisotopic (exact) mass is 254 g/mol. The van der Waals surface area contributed by atoms with Crippen molar-refractivity contribution in [3.63, 3.8) is 0 Å². The zero-order chi connectivity index (χ0) is 13.7. The van der Waals surface area contributed by atoms with Gasteiger partial charge >= 0.3 is 5.69 Å². The number of aliphatic hydroxyl groups is 2. The molecule has 8 heteroatoms. The molecular formula is C10H14N4O4. The molecule has 2 aromatic rings. The Morgan fingerprint density at radius 1 is 1.28 bits per heavy atom. The highest BCUT2D eigenvalue weighted by Gasteiger charge is 2.27. The van der Waals surface area contributed by atoms with E-state index in [4.69, 9.17) is 0 Å². The zero-order valence-corrected chi connectivity index (χ0v) is 10.3. The van der Waals surface area contributed by atoms with Gasteiger partial charge in [0.25, 0.3) is 11.5 Å². The van der Waals surface area contributed by atoms with Crippen molar-refractivity contribution in [1.82, 2.24) is 18.7 Å². The maximum Gasteiger partial charge on any atom is 0.332 e. The van der Waals surface area contributed by atoms with E-state index < -0.39 is 17.2 Å². The second-order valence-corrected chi connectivity index (χ2v) is 4.12. The number of nitrogens with zero attached hydrogens (tertiary/aromatic N) is 4. The molecule has 0 aromatic carbocycles. The minimum atomic E-state index is -2.21. The van der Waals surface area contributed by atoms with E-state index in [0.29, 0.717) is 0 Å². The van der Waals surface area contributed by atoms with Crippen LogP contribution in [-0.4, -0.2) is 28.9 Å². The zero-order valence-electron chi connectivity index (χ0n) is 10.3. The fourth-order valence-corrected chi connectivity index (χ4v) is 1.79. The third kappa shape index (κ3) is 1.50. The third-order valence-corrected chi connectivity index (χ3v) is 3.01. The normalized spacial score (nSPS) is 12.3. The Hall–Kier alpha value is -1.93. The summed E-state index contributed by atoms with van der Waals surface area (Å²) >= 11 is 0. The van der Waals surface area contributed by atoms with Crippen LogP contribution in [0.4, 0.5) is 0 Å². The Labute approximate surface area is 101 Å². The van der Waals surface area contributed by atoms with E-state index in [2.05, 4.69) is 4.98 Å². The maximum atomic E-state index is 12.0. The summed E-state index contributed by atoms with van der Waals surface area (Å²) in [4.78, 5) is 27.6. The van der Waals surface area contributed by atoms with Crippen LogP contribution >= 0.6 is 0 Å². The lowest BCUT2D eigenvalue weighted by atomic mass is 10.3. The fourth-order valence-electron chi connectivity index (χ4n) is 1.79. The molecule has 0 fully saturated rings. The molecule has 0 spiro atoms. The second kappa shape index (κ2) is 3.79. The fraction of sp³-hybridized carbons (Fsp3) is 0.500. The van der Waals surface area contributed by atoms with Crippen molar-refractivity contribution in [3.05, 3.63) is 27.2 Å². The number of hydrogen-bond acceptors (Lipinski definition) is 5. The van der Waals surface area contributed by atoms with Gasteiger partial charge in [-0.15, -0.1) is 0 Å². The average Bonchev–Trinajstić information content (AvgIpc) is 2.79. The van der Waals surface area contributed by atoms with Crippen LogP contribution < -0.4 is 11.2 Å². The summed E-state index contributed by atoms with van der Waals surface area (Å²) in [5, 5.41) is 19.6. The molecule has 0 aliphatic rings. The lowest BCUT2D eigenvalue weighted by molar-refractivity contribution is -0.227. The molecule has 0 unspecified atom stereocenters. The van der Waals surface area contributed by atoms with Crippen LogP contribution in [0.15, 0.2) is 15.9 Å². The molecule has 2 aromatic heterocycles. The summed E-state index contributed by atoms with van der Waals surface area (Å²) in [6.07, 6.45) is 1.11. The lowest BCUT2D eigenvalue weighted by Gasteiger charge is -2.21. The van der Waals surface area contributed by atoms with Crippen molar-refractivity contribution in [3.8, 4) is 0 Å². The van der Waals surface area contributed by atoms with E-state index in [1.165, 1.54) is 18.7 Å². The van der Waals surface area contributed by atoms with Crippen LogP contribution in [0.25, 0.3) is 11.2 Å². The van der Waals surface area contributed by atoms with Gasteiger partial charge in [-0.25, -0.2) is 9.78 Å². The van der Waals surface area contributed by atoms with E-state index in [1.54, 1.807) is 6.92 Å². The van der Waals surface area contributed by atoms with Crippen molar-refractivity contribution in [1.29, 1.82) is 0 Å². The molecule has 0 saturated heterocycles. The molecular weight excluding hydrogens is 240 g/mol. The highest BCUT2D eigenvalue weighted by Crippen LogP contribution is 2.17. The summed E-state index contributed by atoms with van der Waals surface area (Å²) in [5.74, 6) is -2.21. The predicted octanol–water partition coefficient (Wildman–Crippen LogP) is -1.56. The first kappa shape index (κ1) is 12.5. The van der Waals surface area contributed by atoms with Gasteiger partial charge in [0.1, 0.15) is 6.33 Å². The van der Waals surface area contributed by atoms with Crippen LogP contribution in [-0.2, 0) is 20.0 Å². The summed E-state index contributed by atoms with van der Waals surface area (Å²) in [6, 6.07) is 0. The van der Waals surface area contributed by atoms with Gasteiger partial charge in [0.05, 0.1) is 0 Å². The smallest absolute Gasteiger partial charge is 0.332 e. The van der Waals surface area contributed by atoms with Crippen molar-refractivity contribution in [2.75, 3.05) is 0 Å². The summed E-state index contributed by atoms with van der Waals surface area (Å²) < 4.78 is 3.04. The van der Waals surface area contributed by atoms with Crippen molar-refractivity contribution in [2.24, 2.45) is 14.1 Å². The molecule has 2 rings (SSSR count). The Kier molecular flexibility index (Phi) is 2.63. The van der Waals surface area contributed by atoms with E-state index in [0.717, 1.165) is 15.5 Å². The molecule has 2 N–H and O–H groups in total. The number of aromatic nitrogens is 4. The van der Waals surface area contributed by atoms with Gasteiger partial charge in [0.15, 0.2) is 11.2 Å². The summed E-state index contributed by atoms with van der Waals surface area (Å²) in [7, 11) is 2.79. The third-order valence-electron chi connectivity index (χ3n) is 3.01. The SMILES string of the molecule is CCC(O)(O)n1cnc2c1c(=O)n(C)c(=O)n2C. The molecule has 0 saturated carbocycles. The standard InChI is InChI=1S/C10H14N4O4/c1-4-10(17,18)14-5-11-7-6(14)8(15)13(3)9(16)12(7)2/h5,17-18H,4H2,1-3H3. The minimum Gasteiger partial charge on any atom is -0.348 e. The molecule has 0 amide bonds. The molecule has 0 bridgehead atoms. The molecule has 8 nitrogen and oxygen atoms in total. The van der Waals surface area contributed by atoms with E-state index >= 15 is 0 Å². The van der Waals surface area contributed by atoms with Gasteiger partial charge in [-0.1, -0.05) is 6.92 Å². The largest absolute Gasteiger partial charge is 0.348 e. The molecule has 2 heterocycles. The number of hydrogen-bond donors (Lipinski definition) is 2. The quantitative estimate of drug-likeness (QED) is 0.631. The Balaban J connectivity index is 3.00. The molecule has 98 valence electrons. The lowest BCUT2D eigenvalue weighted by Crippen LogP contribution is -2.40. The van der Waals surface area contributed by atoms with Crippen molar-refractivity contribution < 1.29 is 10.2 Å². The number of fused-ring (bicyclic) bond motifs is 1. The highest BCUT2D eigenvalue weighted by molar-refractivity contribution is 5.70. The topological polar surface area (TPSA) is 102 Å². The van der Waals surface area contributed by atoms with E-state index in [9.17, 15) is 19.8 Å². The first-order chi connectivity index (χ1) is 8.31. The molecule has 0 aliphatic heterocycles. The summed E-state index contributed by atoms with van der Waals surface area (Å²) in [5.41, 5.74) is -1.04. The van der Waals surface area contributed by atoms with E-state index in [-0.39, 0.29) is 17.6 Å². The minimum absolute atomic E-state index is 0.0218. The Morgan fingerprint density at radius 3 is 2.44 bits per heavy atom. The van der Waals surface area contributed by atoms with Gasteiger partial charge < -0.3 is 10.2 Å². The van der Waals surface area contributed by atoms with Gasteiger partial charge in [-0.2, -0.15) is 0 Å². The number of imidazole rings is 1. The van der Waals surface area contributed by atoms with Crippen LogP contribution in [0.2, 0.25) is 0 Å². The Morgan fingerprint density at radius 2 is 1.89 bits per heavy atom. The second-order valence-electron chi connectivity index (χ2n) is 4.12. The van der Waals surface area contributed by atoms with Gasteiger partial charge in [-0.05, 0) is 0 Å². The molecule has 0 atom stereocenters. The van der Waals surface area contributed by atoms with Crippen LogP contribution in [0.1, 0.15) is 13.3 Å². The molecule has 18 heavy (non-hydrogen) atoms. The maximum absolute atomic E-state index is 12.0. The number of rotatable bonds is 2. The van der Waals surface area contributed by atoms with Crippen molar-refractivity contribution >= 4 is 11.2 Å². The first-order valence-electron chi connectivity index (χ1n) is 5.39.